The second-order valence-electron chi connectivity index (χ2n) is 12.4. The summed E-state index contributed by atoms with van der Waals surface area (Å²) in [6.07, 6.45) is 4.71. The van der Waals surface area contributed by atoms with Gasteiger partial charge in [0, 0.05) is 18.8 Å². The van der Waals surface area contributed by atoms with Crippen LogP contribution in [0.4, 0.5) is 17.3 Å². The number of amides is 1. The molecule has 2 aliphatic heterocycles. The third kappa shape index (κ3) is 5.82. The number of piperidine rings is 1. The van der Waals surface area contributed by atoms with E-state index in [0.717, 1.165) is 25.9 Å². The van der Waals surface area contributed by atoms with Crippen LogP contribution in [-0.4, -0.2) is 68.6 Å². The van der Waals surface area contributed by atoms with E-state index in [1.165, 1.54) is 18.9 Å². The molecule has 3 N–H and O–H groups in total. The number of aliphatic hydroxyl groups is 1. The molecule has 10 heteroatoms. The first-order chi connectivity index (χ1) is 17.9. The third-order valence-electron chi connectivity index (χ3n) is 7.73. The normalized spacial score (nSPS) is 20.1. The molecule has 1 aromatic carbocycles. The molecule has 3 aliphatic rings. The van der Waals surface area contributed by atoms with E-state index in [1.54, 1.807) is 30.3 Å². The van der Waals surface area contributed by atoms with E-state index >= 15 is 0 Å². The molecule has 0 bridgehead atoms. The topological polar surface area (TPSA) is 121 Å². The summed E-state index contributed by atoms with van der Waals surface area (Å²) >= 11 is 0. The fraction of sp³-hybridized carbons (Fsp3) is 0.571. The summed E-state index contributed by atoms with van der Waals surface area (Å²) in [5.41, 5.74) is 0.361. The van der Waals surface area contributed by atoms with Crippen molar-refractivity contribution in [3.8, 4) is 0 Å². The first-order valence-corrected chi connectivity index (χ1v) is 14.9. The third-order valence-corrected chi connectivity index (χ3v) is 9.95. The summed E-state index contributed by atoms with van der Waals surface area (Å²) in [4.78, 5) is 20.7. The van der Waals surface area contributed by atoms with Crippen molar-refractivity contribution in [3.05, 3.63) is 42.0 Å². The number of aromatic nitrogens is 1. The number of hydrogen-bond acceptors (Lipinski definition) is 8. The Morgan fingerprint density at radius 3 is 2.39 bits per heavy atom. The van der Waals surface area contributed by atoms with Gasteiger partial charge in [-0.05, 0) is 66.8 Å². The van der Waals surface area contributed by atoms with E-state index < -0.39 is 15.4 Å². The van der Waals surface area contributed by atoms with Gasteiger partial charge >= 0.3 is 0 Å². The maximum atomic E-state index is 13.5. The van der Waals surface area contributed by atoms with Crippen molar-refractivity contribution in [1.29, 1.82) is 0 Å². The molecule has 3 heterocycles. The number of ether oxygens (including phenoxy) is 1. The Bertz CT molecular complexity index is 1300. The second kappa shape index (κ2) is 9.81. The number of aliphatic hydroxyl groups excluding tert-OH is 1. The SMILES string of the molecule is CC(C)(C)CS(=O)(=O)c1cccc(NC(=O)c2ccc(NC3(CO)COC3)nc2N2CCC3(CC2)CC3)c1. The lowest BCUT2D eigenvalue weighted by molar-refractivity contribution is -0.0651. The van der Waals surface area contributed by atoms with Crippen LogP contribution in [0.3, 0.4) is 0 Å². The number of benzene rings is 1. The minimum Gasteiger partial charge on any atom is -0.394 e. The quantitative estimate of drug-likeness (QED) is 0.462. The molecule has 3 fully saturated rings. The van der Waals surface area contributed by atoms with E-state index in [9.17, 15) is 18.3 Å². The Kier molecular flexibility index (Phi) is 6.94. The highest BCUT2D eigenvalue weighted by Crippen LogP contribution is 2.54. The first-order valence-electron chi connectivity index (χ1n) is 13.3. The fourth-order valence-corrected chi connectivity index (χ4v) is 7.15. The lowest BCUT2D eigenvalue weighted by atomic mass is 9.93. The molecule has 1 aromatic heterocycles. The second-order valence-corrected chi connectivity index (χ2v) is 14.4. The van der Waals surface area contributed by atoms with Crippen molar-refractivity contribution in [2.24, 2.45) is 10.8 Å². The van der Waals surface area contributed by atoms with Gasteiger partial charge in [-0.25, -0.2) is 13.4 Å². The van der Waals surface area contributed by atoms with Crippen molar-refractivity contribution < 1.29 is 23.1 Å². The minimum atomic E-state index is -3.50. The van der Waals surface area contributed by atoms with E-state index in [4.69, 9.17) is 9.72 Å². The average Bonchev–Trinajstić information content (AvgIpc) is 3.59. The maximum absolute atomic E-state index is 13.5. The molecule has 1 amide bonds. The molecule has 0 radical (unpaired) electrons. The zero-order chi connectivity index (χ0) is 27.2. The van der Waals surface area contributed by atoms with Crippen LogP contribution in [0.5, 0.6) is 0 Å². The number of anilines is 3. The predicted octanol–water partition coefficient (Wildman–Crippen LogP) is 3.71. The summed E-state index contributed by atoms with van der Waals surface area (Å²) < 4.78 is 31.1. The first kappa shape index (κ1) is 26.9. The molecule has 2 saturated heterocycles. The van der Waals surface area contributed by atoms with Gasteiger partial charge in [-0.3, -0.25) is 4.79 Å². The maximum Gasteiger partial charge on any atom is 0.259 e. The van der Waals surface area contributed by atoms with Crippen LogP contribution in [0.2, 0.25) is 0 Å². The van der Waals surface area contributed by atoms with Crippen LogP contribution < -0.4 is 15.5 Å². The number of carbonyl (C=O) groups excluding carboxylic acids is 1. The average molecular weight is 543 g/mol. The van der Waals surface area contributed by atoms with Crippen LogP contribution in [0.25, 0.3) is 0 Å². The number of sulfone groups is 1. The molecule has 0 atom stereocenters. The summed E-state index contributed by atoms with van der Waals surface area (Å²) in [7, 11) is -3.50. The number of pyridine rings is 1. The van der Waals surface area contributed by atoms with Gasteiger partial charge in [-0.2, -0.15) is 0 Å². The van der Waals surface area contributed by atoms with E-state index in [1.807, 2.05) is 20.8 Å². The largest absolute Gasteiger partial charge is 0.394 e. The molecule has 1 aliphatic carbocycles. The number of hydrogen-bond donors (Lipinski definition) is 3. The molecule has 0 unspecified atom stereocenters. The molecular formula is C28H38N4O5S. The number of nitrogens with one attached hydrogen (secondary N) is 2. The zero-order valence-electron chi connectivity index (χ0n) is 22.4. The highest BCUT2D eigenvalue weighted by molar-refractivity contribution is 7.91. The lowest BCUT2D eigenvalue weighted by Gasteiger charge is -2.41. The van der Waals surface area contributed by atoms with Crippen LogP contribution in [0.1, 0.15) is 56.8 Å². The van der Waals surface area contributed by atoms with Crippen molar-refractivity contribution in [2.75, 3.05) is 54.2 Å². The Hall–Kier alpha value is -2.69. The standard InChI is InChI=1S/C28H38N4O5S/c1-26(2,3)19-38(35,36)21-6-4-5-20(15-21)29-25(34)22-7-8-23(31-28(16-33)17-37-18-28)30-24(22)32-13-11-27(9-10-27)12-14-32/h4-8,15,33H,9-14,16-19H2,1-3H3,(H,29,34)(H,30,31). The van der Waals surface area contributed by atoms with Crippen LogP contribution in [0.15, 0.2) is 41.3 Å². The Labute approximate surface area is 224 Å². The highest BCUT2D eigenvalue weighted by atomic mass is 32.2. The van der Waals surface area contributed by atoms with Gasteiger partial charge in [0.1, 0.15) is 17.2 Å². The number of rotatable bonds is 8. The monoisotopic (exact) mass is 542 g/mol. The zero-order valence-corrected chi connectivity index (χ0v) is 23.2. The van der Waals surface area contributed by atoms with Gasteiger partial charge in [0.05, 0.1) is 36.0 Å². The molecular weight excluding hydrogens is 504 g/mol. The Morgan fingerprint density at radius 1 is 1.11 bits per heavy atom. The molecule has 1 saturated carbocycles. The molecule has 5 rings (SSSR count). The van der Waals surface area contributed by atoms with Crippen molar-refractivity contribution in [3.63, 3.8) is 0 Å². The molecule has 38 heavy (non-hydrogen) atoms. The molecule has 9 nitrogen and oxygen atoms in total. The predicted molar refractivity (Wildman–Crippen MR) is 148 cm³/mol. The minimum absolute atomic E-state index is 0.0107. The summed E-state index contributed by atoms with van der Waals surface area (Å²) in [6.45, 7) is 8.01. The smallest absolute Gasteiger partial charge is 0.259 e. The van der Waals surface area contributed by atoms with Gasteiger partial charge in [-0.15, -0.1) is 0 Å². The highest BCUT2D eigenvalue weighted by Gasteiger charge is 2.45. The van der Waals surface area contributed by atoms with Gasteiger partial charge in [0.15, 0.2) is 9.84 Å². The molecule has 2 aromatic rings. The van der Waals surface area contributed by atoms with Crippen molar-refractivity contribution >= 4 is 33.1 Å². The van der Waals surface area contributed by atoms with E-state index in [2.05, 4.69) is 15.5 Å². The molecule has 206 valence electrons. The Balaban J connectivity index is 1.40. The van der Waals surface area contributed by atoms with Gasteiger partial charge in [-0.1, -0.05) is 26.8 Å². The number of nitrogens with zero attached hydrogens (tertiary/aromatic N) is 2. The summed E-state index contributed by atoms with van der Waals surface area (Å²) in [5, 5.41) is 16.0. The fourth-order valence-electron chi connectivity index (χ4n) is 5.25. The van der Waals surface area contributed by atoms with Crippen LogP contribution in [0, 0.1) is 10.8 Å². The van der Waals surface area contributed by atoms with E-state index in [-0.39, 0.29) is 28.6 Å². The van der Waals surface area contributed by atoms with Gasteiger partial charge < -0.3 is 25.4 Å². The number of carbonyl (C=O) groups is 1. The lowest BCUT2D eigenvalue weighted by Crippen LogP contribution is -2.58. The van der Waals surface area contributed by atoms with Gasteiger partial charge in [0.2, 0.25) is 0 Å². The van der Waals surface area contributed by atoms with Crippen molar-refractivity contribution in [2.45, 2.75) is 56.9 Å². The summed E-state index contributed by atoms with van der Waals surface area (Å²) in [6, 6.07) is 9.90. The van der Waals surface area contributed by atoms with Crippen molar-refractivity contribution in [1.82, 2.24) is 4.98 Å². The van der Waals surface area contributed by atoms with E-state index in [0.29, 0.717) is 41.5 Å². The summed E-state index contributed by atoms with van der Waals surface area (Å²) in [5.74, 6) is 0.834. The Morgan fingerprint density at radius 2 is 1.82 bits per heavy atom. The van der Waals surface area contributed by atoms with Gasteiger partial charge in [0.25, 0.3) is 5.91 Å². The van der Waals surface area contributed by atoms with Crippen LogP contribution in [-0.2, 0) is 14.6 Å². The molecule has 1 spiro atoms. The van der Waals surface area contributed by atoms with Crippen LogP contribution >= 0.6 is 0 Å².